The largest absolute Gasteiger partial charge is 0.385 e. The van der Waals surface area contributed by atoms with Gasteiger partial charge in [0.1, 0.15) is 17.5 Å². The summed E-state index contributed by atoms with van der Waals surface area (Å²) in [5.74, 6) is 2.51. The van der Waals surface area contributed by atoms with Gasteiger partial charge in [-0.05, 0) is 13.3 Å². The Kier molecular flexibility index (Phi) is 7.14. The van der Waals surface area contributed by atoms with Crippen LogP contribution in [0.3, 0.4) is 0 Å². The Bertz CT molecular complexity index is 374. The summed E-state index contributed by atoms with van der Waals surface area (Å²) in [6.07, 6.45) is 0.956. The van der Waals surface area contributed by atoms with Gasteiger partial charge >= 0.3 is 0 Å². The van der Waals surface area contributed by atoms with Gasteiger partial charge in [0.05, 0.1) is 6.61 Å². The Balaban J connectivity index is 2.79. The van der Waals surface area contributed by atoms with Crippen molar-refractivity contribution in [3.63, 3.8) is 0 Å². The molecule has 1 rings (SSSR count). The van der Waals surface area contributed by atoms with Crippen LogP contribution in [0, 0.1) is 6.92 Å². The first-order chi connectivity index (χ1) is 9.21. The molecule has 1 heterocycles. The molecule has 0 amide bonds. The maximum Gasteiger partial charge on any atom is 0.134 e. The van der Waals surface area contributed by atoms with Crippen LogP contribution in [0.1, 0.15) is 12.2 Å². The van der Waals surface area contributed by atoms with E-state index in [4.69, 9.17) is 9.47 Å². The first kappa shape index (κ1) is 15.7. The van der Waals surface area contributed by atoms with Crippen LogP contribution >= 0.6 is 0 Å². The van der Waals surface area contributed by atoms with Crippen molar-refractivity contribution in [3.8, 4) is 0 Å². The maximum absolute atomic E-state index is 5.15. The minimum Gasteiger partial charge on any atom is -0.385 e. The molecule has 0 radical (unpaired) electrons. The number of anilines is 2. The quantitative estimate of drug-likeness (QED) is 0.682. The lowest BCUT2D eigenvalue weighted by Crippen LogP contribution is -2.30. The first-order valence-electron chi connectivity index (χ1n) is 6.47. The van der Waals surface area contributed by atoms with Crippen molar-refractivity contribution in [3.05, 3.63) is 11.9 Å². The molecule has 1 aromatic heterocycles. The summed E-state index contributed by atoms with van der Waals surface area (Å²) in [5, 5.41) is 3.05. The molecule has 0 saturated carbocycles. The summed E-state index contributed by atoms with van der Waals surface area (Å²) in [4.78, 5) is 11.0. The third-order valence-electron chi connectivity index (χ3n) is 2.75. The van der Waals surface area contributed by atoms with Gasteiger partial charge in [-0.25, -0.2) is 9.97 Å². The van der Waals surface area contributed by atoms with Gasteiger partial charge in [-0.2, -0.15) is 0 Å². The molecule has 1 N–H and O–H groups in total. The first-order valence-corrected chi connectivity index (χ1v) is 6.47. The molecular formula is C13H24N4O2. The lowest BCUT2D eigenvalue weighted by molar-refractivity contribution is 0.191. The van der Waals surface area contributed by atoms with Gasteiger partial charge in [0.15, 0.2) is 0 Å². The van der Waals surface area contributed by atoms with E-state index in [2.05, 4.69) is 20.2 Å². The van der Waals surface area contributed by atoms with Crippen LogP contribution < -0.4 is 10.2 Å². The molecule has 19 heavy (non-hydrogen) atoms. The van der Waals surface area contributed by atoms with Crippen LogP contribution in [0.15, 0.2) is 6.07 Å². The lowest BCUT2D eigenvalue weighted by atomic mass is 10.3. The number of nitrogens with one attached hydrogen (secondary N) is 1. The van der Waals surface area contributed by atoms with Gasteiger partial charge < -0.3 is 19.7 Å². The van der Waals surface area contributed by atoms with E-state index in [0.29, 0.717) is 6.61 Å². The molecule has 0 aliphatic heterocycles. The number of rotatable bonds is 9. The lowest BCUT2D eigenvalue weighted by Gasteiger charge is -2.24. The third-order valence-corrected chi connectivity index (χ3v) is 2.75. The smallest absolute Gasteiger partial charge is 0.134 e. The average molecular weight is 268 g/mol. The van der Waals surface area contributed by atoms with Gasteiger partial charge in [-0.15, -0.1) is 0 Å². The Hall–Kier alpha value is -1.40. The van der Waals surface area contributed by atoms with E-state index in [1.165, 1.54) is 0 Å². The summed E-state index contributed by atoms with van der Waals surface area (Å²) in [6, 6.07) is 1.95. The molecule has 6 nitrogen and oxygen atoms in total. The van der Waals surface area contributed by atoms with Crippen molar-refractivity contribution in [2.24, 2.45) is 0 Å². The molecule has 108 valence electrons. The van der Waals surface area contributed by atoms with Gasteiger partial charge in [-0.1, -0.05) is 0 Å². The second-order valence-electron chi connectivity index (χ2n) is 4.23. The van der Waals surface area contributed by atoms with Crippen molar-refractivity contribution in [1.82, 2.24) is 9.97 Å². The number of ether oxygens (including phenoxy) is 2. The van der Waals surface area contributed by atoms with E-state index < -0.39 is 0 Å². The number of aryl methyl sites for hydroxylation is 1. The highest BCUT2D eigenvalue weighted by molar-refractivity contribution is 5.49. The van der Waals surface area contributed by atoms with E-state index in [0.717, 1.165) is 43.6 Å². The zero-order chi connectivity index (χ0) is 14.1. The van der Waals surface area contributed by atoms with Gasteiger partial charge in [-0.3, -0.25) is 0 Å². The Labute approximate surface area is 115 Å². The van der Waals surface area contributed by atoms with Gasteiger partial charge in [0.25, 0.3) is 0 Å². The molecule has 0 bridgehead atoms. The molecule has 0 atom stereocenters. The molecule has 1 aromatic rings. The molecule has 0 unspecified atom stereocenters. The molecule has 0 aliphatic carbocycles. The fraction of sp³-hybridized carbons (Fsp3) is 0.692. The highest BCUT2D eigenvalue weighted by Gasteiger charge is 2.10. The van der Waals surface area contributed by atoms with Crippen molar-refractivity contribution in [2.45, 2.75) is 13.3 Å². The predicted molar refractivity (Wildman–Crippen MR) is 76.9 cm³/mol. The summed E-state index contributed by atoms with van der Waals surface area (Å²) < 4.78 is 10.3. The summed E-state index contributed by atoms with van der Waals surface area (Å²) in [7, 11) is 5.28. The topological polar surface area (TPSA) is 59.5 Å². The minimum atomic E-state index is 0.672. The summed E-state index contributed by atoms with van der Waals surface area (Å²) in [6.45, 7) is 5.00. The molecule has 0 aromatic carbocycles. The number of aromatic nitrogens is 2. The van der Waals surface area contributed by atoms with Crippen molar-refractivity contribution in [2.75, 3.05) is 57.8 Å². The Morgan fingerprint density at radius 2 is 1.89 bits per heavy atom. The number of hydrogen-bond acceptors (Lipinski definition) is 6. The number of methoxy groups -OCH3 is 2. The van der Waals surface area contributed by atoms with Crippen LogP contribution in [-0.2, 0) is 9.47 Å². The second-order valence-corrected chi connectivity index (χ2v) is 4.23. The van der Waals surface area contributed by atoms with Gasteiger partial charge in [0.2, 0.25) is 0 Å². The maximum atomic E-state index is 5.15. The van der Waals surface area contributed by atoms with E-state index >= 15 is 0 Å². The predicted octanol–water partition coefficient (Wildman–Crippen LogP) is 1.32. The zero-order valence-corrected chi connectivity index (χ0v) is 12.3. The van der Waals surface area contributed by atoms with Gasteiger partial charge in [0, 0.05) is 47.0 Å². The molecule has 0 spiro atoms. The molecular weight excluding hydrogens is 244 g/mol. The summed E-state index contributed by atoms with van der Waals surface area (Å²) >= 11 is 0. The fourth-order valence-electron chi connectivity index (χ4n) is 1.78. The van der Waals surface area contributed by atoms with Crippen molar-refractivity contribution in [1.29, 1.82) is 0 Å². The second kappa shape index (κ2) is 8.66. The number of nitrogens with zero attached hydrogens (tertiary/aromatic N) is 3. The SMILES string of the molecule is CNc1cc(N(CCCOC)CCOC)nc(C)n1. The van der Waals surface area contributed by atoms with E-state index in [-0.39, 0.29) is 0 Å². The molecule has 6 heteroatoms. The fourth-order valence-corrected chi connectivity index (χ4v) is 1.78. The third kappa shape index (κ3) is 5.40. The summed E-state index contributed by atoms with van der Waals surface area (Å²) in [5.41, 5.74) is 0. The Morgan fingerprint density at radius 3 is 2.53 bits per heavy atom. The zero-order valence-electron chi connectivity index (χ0n) is 12.3. The van der Waals surface area contributed by atoms with Crippen LogP contribution in [0.2, 0.25) is 0 Å². The van der Waals surface area contributed by atoms with Crippen LogP contribution in [0.25, 0.3) is 0 Å². The number of hydrogen-bond donors (Lipinski definition) is 1. The van der Waals surface area contributed by atoms with E-state index in [9.17, 15) is 0 Å². The average Bonchev–Trinajstić information content (AvgIpc) is 2.42. The van der Waals surface area contributed by atoms with Crippen molar-refractivity contribution >= 4 is 11.6 Å². The van der Waals surface area contributed by atoms with E-state index in [1.54, 1.807) is 14.2 Å². The molecule has 0 aliphatic rings. The van der Waals surface area contributed by atoms with Crippen molar-refractivity contribution < 1.29 is 9.47 Å². The van der Waals surface area contributed by atoms with E-state index in [1.807, 2.05) is 20.0 Å². The van der Waals surface area contributed by atoms with Crippen LogP contribution in [-0.4, -0.2) is 57.5 Å². The normalized spacial score (nSPS) is 10.5. The highest BCUT2D eigenvalue weighted by atomic mass is 16.5. The molecule has 0 saturated heterocycles. The Morgan fingerprint density at radius 1 is 1.16 bits per heavy atom. The minimum absolute atomic E-state index is 0.672. The monoisotopic (exact) mass is 268 g/mol. The molecule has 0 fully saturated rings. The highest BCUT2D eigenvalue weighted by Crippen LogP contribution is 2.15. The van der Waals surface area contributed by atoms with Crippen LogP contribution in [0.4, 0.5) is 11.6 Å². The standard InChI is InChI=1S/C13H24N4O2/c1-11-15-12(14-2)10-13(16-11)17(7-9-19-4)6-5-8-18-3/h10H,5-9H2,1-4H3,(H,14,15,16). The van der Waals surface area contributed by atoms with Crippen LogP contribution in [0.5, 0.6) is 0 Å².